The summed E-state index contributed by atoms with van der Waals surface area (Å²) in [6.45, 7) is 4.21. The summed E-state index contributed by atoms with van der Waals surface area (Å²) in [7, 11) is 2.21. The Labute approximate surface area is 150 Å². The molecule has 0 N–H and O–H groups in total. The van der Waals surface area contributed by atoms with Gasteiger partial charge in [0.05, 0.1) is 0 Å². The van der Waals surface area contributed by atoms with E-state index in [0.717, 1.165) is 24.0 Å². The van der Waals surface area contributed by atoms with Gasteiger partial charge in [0.15, 0.2) is 5.78 Å². The number of benzene rings is 2. The molecule has 0 amide bonds. The predicted octanol–water partition coefficient (Wildman–Crippen LogP) is 4.75. The lowest BCUT2D eigenvalue weighted by Crippen LogP contribution is -2.48. The fraction of sp³-hybridized carbons (Fsp3) is 0.435. The zero-order chi connectivity index (χ0) is 17.6. The average Bonchev–Trinajstić information content (AvgIpc) is 2.83. The number of hydrogen-bond donors (Lipinski definition) is 0. The fourth-order valence-corrected chi connectivity index (χ4v) is 5.06. The molecular weight excluding hydrogens is 306 g/mol. The first kappa shape index (κ1) is 16.5. The van der Waals surface area contributed by atoms with Gasteiger partial charge in [-0.3, -0.25) is 9.69 Å². The van der Waals surface area contributed by atoms with Gasteiger partial charge in [-0.1, -0.05) is 53.6 Å². The Kier molecular flexibility index (Phi) is 4.24. The Bertz CT molecular complexity index is 796. The van der Waals surface area contributed by atoms with Crippen LogP contribution < -0.4 is 0 Å². The molecular formula is C23H27NO. The molecule has 1 unspecified atom stereocenters. The van der Waals surface area contributed by atoms with Crippen LogP contribution in [0.1, 0.15) is 52.2 Å². The lowest BCUT2D eigenvalue weighted by molar-refractivity contribution is 0.0643. The monoisotopic (exact) mass is 333 g/mol. The van der Waals surface area contributed by atoms with E-state index in [2.05, 4.69) is 62.2 Å². The van der Waals surface area contributed by atoms with E-state index in [4.69, 9.17) is 0 Å². The number of carbonyl (C=O) groups is 1. The molecule has 0 spiro atoms. The highest BCUT2D eigenvalue weighted by molar-refractivity contribution is 5.99. The van der Waals surface area contributed by atoms with E-state index in [0.29, 0.717) is 23.8 Å². The van der Waals surface area contributed by atoms with Crippen LogP contribution in [0.2, 0.25) is 0 Å². The molecule has 0 radical (unpaired) electrons. The first-order valence-electron chi connectivity index (χ1n) is 9.44. The summed E-state index contributed by atoms with van der Waals surface area (Å²) in [6, 6.07) is 17.9. The number of aryl methyl sites for hydroxylation is 2. The lowest BCUT2D eigenvalue weighted by atomic mass is 9.72. The molecule has 2 fully saturated rings. The van der Waals surface area contributed by atoms with Crippen LogP contribution in [0, 0.1) is 19.8 Å². The molecule has 0 saturated carbocycles. The second-order valence-corrected chi connectivity index (χ2v) is 7.98. The summed E-state index contributed by atoms with van der Waals surface area (Å²) in [5, 5.41) is 0. The van der Waals surface area contributed by atoms with Crippen LogP contribution in [-0.4, -0.2) is 29.8 Å². The molecule has 2 heteroatoms. The molecule has 2 nitrogen and oxygen atoms in total. The quantitative estimate of drug-likeness (QED) is 0.755. The van der Waals surface area contributed by atoms with Crippen molar-refractivity contribution in [2.45, 2.75) is 51.1 Å². The van der Waals surface area contributed by atoms with E-state index in [1.54, 1.807) is 0 Å². The van der Waals surface area contributed by atoms with Gasteiger partial charge in [0.1, 0.15) is 0 Å². The van der Waals surface area contributed by atoms with Crippen LogP contribution in [-0.2, 0) is 0 Å². The lowest BCUT2D eigenvalue weighted by Gasteiger charge is -2.42. The standard InChI is InChI=1S/C23H27NO/c1-15-6-4-8-17(12-15)20-14-19-10-11-21(24(19)3)22(20)23(25)18-9-5-7-16(2)13-18/h4-9,12-13,19-22H,10-11,14H2,1-3H3/t19-,20-,21?,22+/m1/s1. The van der Waals surface area contributed by atoms with Crippen molar-refractivity contribution in [1.29, 1.82) is 0 Å². The Balaban J connectivity index is 1.75. The van der Waals surface area contributed by atoms with Crippen molar-refractivity contribution >= 4 is 5.78 Å². The van der Waals surface area contributed by atoms with E-state index in [-0.39, 0.29) is 5.92 Å². The van der Waals surface area contributed by atoms with Crippen molar-refractivity contribution in [1.82, 2.24) is 4.90 Å². The van der Waals surface area contributed by atoms with Gasteiger partial charge in [-0.05, 0) is 57.7 Å². The van der Waals surface area contributed by atoms with E-state index in [9.17, 15) is 4.79 Å². The van der Waals surface area contributed by atoms with Gasteiger partial charge < -0.3 is 0 Å². The van der Waals surface area contributed by atoms with E-state index < -0.39 is 0 Å². The Morgan fingerprint density at radius 1 is 1.00 bits per heavy atom. The molecule has 0 aliphatic carbocycles. The highest BCUT2D eigenvalue weighted by Gasteiger charge is 2.48. The molecule has 2 aromatic rings. The van der Waals surface area contributed by atoms with E-state index >= 15 is 0 Å². The second-order valence-electron chi connectivity index (χ2n) is 7.98. The van der Waals surface area contributed by atoms with Crippen molar-refractivity contribution in [3.05, 3.63) is 70.8 Å². The van der Waals surface area contributed by atoms with Gasteiger partial charge >= 0.3 is 0 Å². The summed E-state index contributed by atoms with van der Waals surface area (Å²) in [5.41, 5.74) is 4.66. The number of carbonyl (C=O) groups excluding carboxylic acids is 1. The maximum absolute atomic E-state index is 13.5. The highest BCUT2D eigenvalue weighted by atomic mass is 16.1. The van der Waals surface area contributed by atoms with Crippen molar-refractivity contribution < 1.29 is 4.79 Å². The first-order valence-corrected chi connectivity index (χ1v) is 9.44. The fourth-order valence-electron chi connectivity index (χ4n) is 5.06. The number of Topliss-reactive ketones (excluding diaryl/α,β-unsaturated/α-hetero) is 1. The minimum absolute atomic E-state index is 0.0624. The third-order valence-corrected chi connectivity index (χ3v) is 6.34. The van der Waals surface area contributed by atoms with Crippen LogP contribution in [0.3, 0.4) is 0 Å². The summed E-state index contributed by atoms with van der Waals surface area (Å²) in [4.78, 5) is 16.0. The van der Waals surface area contributed by atoms with Crippen LogP contribution in [0.15, 0.2) is 48.5 Å². The zero-order valence-corrected chi connectivity index (χ0v) is 15.4. The largest absolute Gasteiger partial charge is 0.300 e. The Morgan fingerprint density at radius 2 is 1.72 bits per heavy atom. The molecule has 2 heterocycles. The molecule has 2 aliphatic heterocycles. The van der Waals surface area contributed by atoms with E-state index in [1.165, 1.54) is 17.5 Å². The molecule has 130 valence electrons. The van der Waals surface area contributed by atoms with Gasteiger partial charge in [-0.25, -0.2) is 0 Å². The predicted molar refractivity (Wildman–Crippen MR) is 102 cm³/mol. The Morgan fingerprint density at radius 3 is 2.44 bits per heavy atom. The summed E-state index contributed by atoms with van der Waals surface area (Å²) in [5.74, 6) is 0.723. The molecule has 25 heavy (non-hydrogen) atoms. The maximum Gasteiger partial charge on any atom is 0.168 e. The summed E-state index contributed by atoms with van der Waals surface area (Å²) in [6.07, 6.45) is 3.46. The van der Waals surface area contributed by atoms with Crippen molar-refractivity contribution in [3.63, 3.8) is 0 Å². The van der Waals surface area contributed by atoms with Crippen molar-refractivity contribution in [2.75, 3.05) is 7.05 Å². The topological polar surface area (TPSA) is 20.3 Å². The minimum atomic E-state index is 0.0624. The number of fused-ring (bicyclic) bond motifs is 2. The number of hydrogen-bond acceptors (Lipinski definition) is 2. The van der Waals surface area contributed by atoms with Crippen molar-refractivity contribution in [3.8, 4) is 0 Å². The number of rotatable bonds is 3. The molecule has 2 aliphatic rings. The van der Waals surface area contributed by atoms with Gasteiger partial charge in [0, 0.05) is 23.6 Å². The second kappa shape index (κ2) is 6.42. The van der Waals surface area contributed by atoms with Gasteiger partial charge in [0.25, 0.3) is 0 Å². The van der Waals surface area contributed by atoms with Crippen molar-refractivity contribution in [2.24, 2.45) is 5.92 Å². The number of ketones is 1. The summed E-state index contributed by atoms with van der Waals surface area (Å²) >= 11 is 0. The number of piperidine rings is 1. The maximum atomic E-state index is 13.5. The minimum Gasteiger partial charge on any atom is -0.300 e. The van der Waals surface area contributed by atoms with Crippen LogP contribution in [0.25, 0.3) is 0 Å². The highest BCUT2D eigenvalue weighted by Crippen LogP contribution is 2.47. The molecule has 2 saturated heterocycles. The zero-order valence-electron chi connectivity index (χ0n) is 15.4. The average molecular weight is 333 g/mol. The normalized spacial score (nSPS) is 28.9. The molecule has 2 bridgehead atoms. The summed E-state index contributed by atoms with van der Waals surface area (Å²) < 4.78 is 0. The Hall–Kier alpha value is -1.93. The third-order valence-electron chi connectivity index (χ3n) is 6.34. The van der Waals surface area contributed by atoms with Gasteiger partial charge in [-0.2, -0.15) is 0 Å². The molecule has 2 aromatic carbocycles. The molecule has 4 rings (SSSR count). The van der Waals surface area contributed by atoms with Crippen LogP contribution in [0.5, 0.6) is 0 Å². The smallest absolute Gasteiger partial charge is 0.168 e. The number of nitrogens with zero attached hydrogens (tertiary/aromatic N) is 1. The van der Waals surface area contributed by atoms with E-state index in [1.807, 2.05) is 12.1 Å². The van der Waals surface area contributed by atoms with Gasteiger partial charge in [-0.15, -0.1) is 0 Å². The van der Waals surface area contributed by atoms with Crippen LogP contribution >= 0.6 is 0 Å². The first-order chi connectivity index (χ1) is 12.0. The third kappa shape index (κ3) is 2.93. The molecule has 0 aromatic heterocycles. The van der Waals surface area contributed by atoms with Gasteiger partial charge in [0.2, 0.25) is 0 Å². The SMILES string of the molecule is Cc1cccc(C(=O)[C@@H]2C3CC[C@H](C[C@@H]2c2cccc(C)c2)N3C)c1. The van der Waals surface area contributed by atoms with Crippen LogP contribution in [0.4, 0.5) is 0 Å². The molecule has 4 atom stereocenters.